The van der Waals surface area contributed by atoms with E-state index >= 15 is 0 Å². The smallest absolute Gasteiger partial charge is 0.223 e. The molecule has 0 aliphatic carbocycles. The second-order valence-corrected chi connectivity index (χ2v) is 5.54. The van der Waals surface area contributed by atoms with Crippen molar-refractivity contribution >= 4 is 35.6 Å². The minimum Gasteiger partial charge on any atom is -0.377 e. The van der Waals surface area contributed by atoms with Crippen LogP contribution in [0.1, 0.15) is 31.2 Å². The summed E-state index contributed by atoms with van der Waals surface area (Å²) < 4.78 is 5.61. The Morgan fingerprint density at radius 1 is 1.30 bits per heavy atom. The average molecular weight is 341 g/mol. The van der Waals surface area contributed by atoms with Crippen LogP contribution in [0.25, 0.3) is 0 Å². The molecule has 0 aromatic carbocycles. The molecule has 2 rings (SSSR count). The summed E-state index contributed by atoms with van der Waals surface area (Å²) in [5.74, 6) is 0.854. The van der Waals surface area contributed by atoms with Crippen LogP contribution in [0, 0.1) is 5.92 Å². The summed E-state index contributed by atoms with van der Waals surface area (Å²) in [4.78, 5) is 7.77. The predicted molar refractivity (Wildman–Crippen MR) is 83.8 cm³/mol. The first-order valence-corrected chi connectivity index (χ1v) is 7.46. The second-order valence-electron chi connectivity index (χ2n) is 4.84. The van der Waals surface area contributed by atoms with Gasteiger partial charge in [-0.1, -0.05) is 11.6 Å². The third-order valence-corrected chi connectivity index (χ3v) is 3.91. The molecule has 0 atom stereocenters. The van der Waals surface area contributed by atoms with E-state index in [4.69, 9.17) is 27.9 Å². The number of halogens is 3. The van der Waals surface area contributed by atoms with Crippen molar-refractivity contribution in [1.82, 2.24) is 15.3 Å². The van der Waals surface area contributed by atoms with Gasteiger partial charge in [0.2, 0.25) is 5.28 Å². The highest BCUT2D eigenvalue weighted by molar-refractivity contribution is 6.32. The van der Waals surface area contributed by atoms with Gasteiger partial charge in [-0.15, -0.1) is 12.4 Å². The van der Waals surface area contributed by atoms with Crippen molar-refractivity contribution in [3.63, 3.8) is 0 Å². The van der Waals surface area contributed by atoms with Crippen molar-refractivity contribution in [2.45, 2.75) is 32.3 Å². The molecule has 0 radical (unpaired) electrons. The molecule has 0 amide bonds. The Kier molecular flexibility index (Phi) is 8.73. The third kappa shape index (κ3) is 6.10. The molecule has 4 nitrogen and oxygen atoms in total. The first kappa shape index (κ1) is 17.9. The molecule has 0 saturated carbocycles. The number of aromatic nitrogens is 2. The Bertz CT molecular complexity index is 400. The van der Waals surface area contributed by atoms with E-state index in [0.29, 0.717) is 11.8 Å². The predicted octanol–water partition coefficient (Wildman–Crippen LogP) is 3.50. The molecule has 1 aromatic rings. The van der Waals surface area contributed by atoms with E-state index in [1.54, 1.807) is 6.20 Å². The number of nitrogens with one attached hydrogen (secondary N) is 1. The van der Waals surface area contributed by atoms with E-state index in [2.05, 4.69) is 15.3 Å². The number of nitrogens with zero attached hydrogens (tertiary/aromatic N) is 2. The number of hydrogen-bond acceptors (Lipinski definition) is 4. The normalized spacial score (nSPS) is 15.9. The van der Waals surface area contributed by atoms with Gasteiger partial charge in [-0.2, -0.15) is 0 Å². The lowest BCUT2D eigenvalue weighted by molar-refractivity contribution is 0.112. The van der Waals surface area contributed by atoms with Gasteiger partial charge in [0, 0.05) is 18.4 Å². The van der Waals surface area contributed by atoms with Crippen LogP contribution in [0.2, 0.25) is 10.4 Å². The highest BCUT2D eigenvalue weighted by Crippen LogP contribution is 2.18. The fourth-order valence-corrected chi connectivity index (χ4v) is 2.65. The zero-order valence-corrected chi connectivity index (χ0v) is 13.6. The number of rotatable bonds is 6. The highest BCUT2D eigenvalue weighted by atomic mass is 35.5. The summed E-state index contributed by atoms with van der Waals surface area (Å²) in [6, 6.07) is 0. The van der Waals surface area contributed by atoms with Crippen LogP contribution >= 0.6 is 35.6 Å². The lowest BCUT2D eigenvalue weighted by Gasteiger charge is -2.22. The Morgan fingerprint density at radius 3 is 2.75 bits per heavy atom. The van der Waals surface area contributed by atoms with Crippen molar-refractivity contribution in [2.75, 3.05) is 19.7 Å². The van der Waals surface area contributed by atoms with Crippen molar-refractivity contribution in [2.24, 2.45) is 5.92 Å². The maximum absolute atomic E-state index is 5.94. The summed E-state index contributed by atoms with van der Waals surface area (Å²) in [6.45, 7) is 3.51. The van der Waals surface area contributed by atoms with Gasteiger partial charge >= 0.3 is 0 Å². The topological polar surface area (TPSA) is 47.0 Å². The van der Waals surface area contributed by atoms with Gasteiger partial charge in [0.1, 0.15) is 5.15 Å². The van der Waals surface area contributed by atoms with E-state index in [1.807, 2.05) is 0 Å². The Hall–Kier alpha value is -0.130. The summed E-state index contributed by atoms with van der Waals surface area (Å²) in [6.07, 6.45) is 6.53. The molecule has 1 fully saturated rings. The molecule has 114 valence electrons. The Morgan fingerprint density at radius 2 is 2.05 bits per heavy atom. The van der Waals surface area contributed by atoms with Crippen molar-refractivity contribution in [3.05, 3.63) is 22.2 Å². The van der Waals surface area contributed by atoms with E-state index < -0.39 is 0 Å². The van der Waals surface area contributed by atoms with Crippen LogP contribution in [-0.4, -0.2) is 29.7 Å². The fraction of sp³-hybridized carbons (Fsp3) is 0.692. The molecule has 20 heavy (non-hydrogen) atoms. The summed E-state index contributed by atoms with van der Waals surface area (Å²) in [5.41, 5.74) is 0.785. The van der Waals surface area contributed by atoms with Crippen LogP contribution in [0.3, 0.4) is 0 Å². The Balaban J connectivity index is 0.00000200. The molecule has 1 aliphatic heterocycles. The van der Waals surface area contributed by atoms with Crippen molar-refractivity contribution in [3.8, 4) is 0 Å². The Labute approximate surface area is 136 Å². The number of ether oxygens (including phenoxy) is 1. The minimum absolute atomic E-state index is 0. The molecule has 1 aliphatic rings. The number of piperidine rings is 1. The first-order chi connectivity index (χ1) is 9.25. The lowest BCUT2D eigenvalue weighted by Crippen LogP contribution is -2.27. The molecule has 7 heteroatoms. The molecular weight excluding hydrogens is 321 g/mol. The summed E-state index contributed by atoms with van der Waals surface area (Å²) in [5, 5.41) is 3.92. The van der Waals surface area contributed by atoms with Crippen LogP contribution in [0.4, 0.5) is 0 Å². The van der Waals surface area contributed by atoms with E-state index in [9.17, 15) is 0 Å². The molecule has 2 heterocycles. The van der Waals surface area contributed by atoms with Crippen molar-refractivity contribution in [1.29, 1.82) is 0 Å². The largest absolute Gasteiger partial charge is 0.377 e. The molecule has 0 bridgehead atoms. The SMILES string of the molecule is Cl.Clc1ncc(COCCCC2CCNCC2)c(Cl)n1. The van der Waals surface area contributed by atoms with Gasteiger partial charge in [-0.25, -0.2) is 9.97 Å². The molecule has 1 aromatic heterocycles. The summed E-state index contributed by atoms with van der Waals surface area (Å²) >= 11 is 11.6. The van der Waals surface area contributed by atoms with Gasteiger partial charge in [0.05, 0.1) is 6.61 Å². The van der Waals surface area contributed by atoms with Crippen LogP contribution in [0.15, 0.2) is 6.20 Å². The van der Waals surface area contributed by atoms with E-state index in [-0.39, 0.29) is 17.7 Å². The maximum atomic E-state index is 5.94. The van der Waals surface area contributed by atoms with Crippen molar-refractivity contribution < 1.29 is 4.74 Å². The molecule has 0 spiro atoms. The quantitative estimate of drug-likeness (QED) is 0.489. The summed E-state index contributed by atoms with van der Waals surface area (Å²) in [7, 11) is 0. The van der Waals surface area contributed by atoms with Crippen LogP contribution in [-0.2, 0) is 11.3 Å². The maximum Gasteiger partial charge on any atom is 0.223 e. The highest BCUT2D eigenvalue weighted by Gasteiger charge is 2.12. The second kappa shape index (κ2) is 9.74. The monoisotopic (exact) mass is 339 g/mol. The molecule has 0 unspecified atom stereocenters. The van der Waals surface area contributed by atoms with Gasteiger partial charge < -0.3 is 10.1 Å². The van der Waals surface area contributed by atoms with Crippen LogP contribution < -0.4 is 5.32 Å². The minimum atomic E-state index is 0. The fourth-order valence-electron chi connectivity index (χ4n) is 2.29. The zero-order valence-electron chi connectivity index (χ0n) is 11.3. The van der Waals surface area contributed by atoms with Gasteiger partial charge in [0.25, 0.3) is 0 Å². The van der Waals surface area contributed by atoms with Gasteiger partial charge in [0.15, 0.2) is 0 Å². The van der Waals surface area contributed by atoms with E-state index in [1.165, 1.54) is 19.3 Å². The zero-order chi connectivity index (χ0) is 13.5. The molecule has 1 N–H and O–H groups in total. The number of hydrogen-bond donors (Lipinski definition) is 1. The third-order valence-electron chi connectivity index (χ3n) is 3.40. The molecular formula is C13H20Cl3N3O. The standard InChI is InChI=1S/C13H19Cl2N3O.ClH/c14-12-11(8-17-13(15)18-12)9-19-7-1-2-10-3-5-16-6-4-10;/h8,10,16H,1-7,9H2;1H. The van der Waals surface area contributed by atoms with Gasteiger partial charge in [-0.05, 0) is 56.3 Å². The van der Waals surface area contributed by atoms with Crippen LogP contribution in [0.5, 0.6) is 0 Å². The average Bonchev–Trinajstić information content (AvgIpc) is 2.42. The van der Waals surface area contributed by atoms with E-state index in [0.717, 1.165) is 37.6 Å². The lowest BCUT2D eigenvalue weighted by atomic mass is 9.93. The first-order valence-electron chi connectivity index (χ1n) is 6.71. The molecule has 1 saturated heterocycles. The van der Waals surface area contributed by atoms with Gasteiger partial charge in [-0.3, -0.25) is 0 Å².